The molecule has 0 N–H and O–H groups in total. The predicted molar refractivity (Wildman–Crippen MR) is 116 cm³/mol. The Morgan fingerprint density at radius 1 is 1.13 bits per heavy atom. The highest BCUT2D eigenvalue weighted by Crippen LogP contribution is 2.69. The number of carbonyl (C=O) groups is 4. The van der Waals surface area contributed by atoms with Gasteiger partial charge in [-0.1, -0.05) is 34.6 Å². The van der Waals surface area contributed by atoms with E-state index < -0.39 is 17.9 Å². The Bertz CT molecular complexity index is 904. The van der Waals surface area contributed by atoms with E-state index in [2.05, 4.69) is 27.7 Å². The van der Waals surface area contributed by atoms with Gasteiger partial charge in [0.2, 0.25) is 11.8 Å². The Labute approximate surface area is 183 Å². The molecular weight excluding hydrogens is 396 g/mol. The minimum atomic E-state index is -0.810. The Morgan fingerprint density at radius 2 is 1.68 bits per heavy atom. The molecule has 1 aliphatic carbocycles. The third-order valence-electron chi connectivity index (χ3n) is 7.40. The minimum absolute atomic E-state index is 0.0335. The van der Waals surface area contributed by atoms with Crippen LogP contribution in [0.1, 0.15) is 61.3 Å². The van der Waals surface area contributed by atoms with Gasteiger partial charge in [0.1, 0.15) is 11.8 Å². The standard InChI is InChI=1S/C24H32N2O5/c1-8-14(2)25(22(30)20-23(4,5)24(20,6)7)18-13-19(28)26(21(18)29)16-9-11-17(12-10-16)31-15(3)27/h9-12,14,18,20H,8,13H2,1-7H3. The van der Waals surface area contributed by atoms with Crippen molar-refractivity contribution in [2.45, 2.75) is 73.4 Å². The summed E-state index contributed by atoms with van der Waals surface area (Å²) in [5.74, 6) is -1.09. The Kier molecular flexibility index (Phi) is 5.76. The van der Waals surface area contributed by atoms with Crippen LogP contribution in [-0.4, -0.2) is 40.7 Å². The zero-order chi connectivity index (χ0) is 23.3. The molecule has 1 saturated heterocycles. The molecule has 1 aliphatic heterocycles. The quantitative estimate of drug-likeness (QED) is 0.393. The molecule has 3 amide bonds. The van der Waals surface area contributed by atoms with E-state index >= 15 is 0 Å². The van der Waals surface area contributed by atoms with Crippen molar-refractivity contribution in [2.24, 2.45) is 16.7 Å². The maximum Gasteiger partial charge on any atom is 0.308 e. The molecule has 0 radical (unpaired) electrons. The van der Waals surface area contributed by atoms with Gasteiger partial charge in [-0.15, -0.1) is 0 Å². The molecule has 2 atom stereocenters. The van der Waals surface area contributed by atoms with Gasteiger partial charge in [-0.05, 0) is 48.4 Å². The molecule has 1 aromatic carbocycles. The van der Waals surface area contributed by atoms with Gasteiger partial charge in [0, 0.05) is 18.9 Å². The first-order chi connectivity index (χ1) is 14.3. The van der Waals surface area contributed by atoms with E-state index in [1.807, 2.05) is 13.8 Å². The summed E-state index contributed by atoms with van der Waals surface area (Å²) in [5.41, 5.74) is 0.0819. The SMILES string of the molecule is CCC(C)N(C(=O)C1C(C)(C)C1(C)C)C1CC(=O)N(c2ccc(OC(C)=O)cc2)C1=O. The molecule has 7 heteroatoms. The van der Waals surface area contributed by atoms with Crippen LogP contribution in [0.4, 0.5) is 5.69 Å². The third-order valence-corrected chi connectivity index (χ3v) is 7.40. The van der Waals surface area contributed by atoms with Gasteiger partial charge in [0.15, 0.2) is 0 Å². The molecule has 2 aliphatic rings. The van der Waals surface area contributed by atoms with Crippen LogP contribution < -0.4 is 9.64 Å². The van der Waals surface area contributed by atoms with Crippen molar-refractivity contribution in [3.05, 3.63) is 24.3 Å². The number of imide groups is 1. The lowest BCUT2D eigenvalue weighted by Gasteiger charge is -2.33. The second kappa shape index (κ2) is 7.77. The second-order valence-electron chi connectivity index (χ2n) is 9.75. The summed E-state index contributed by atoms with van der Waals surface area (Å²) in [5, 5.41) is 0. The molecule has 3 rings (SSSR count). The summed E-state index contributed by atoms with van der Waals surface area (Å²) in [6, 6.07) is 5.25. The summed E-state index contributed by atoms with van der Waals surface area (Å²) in [7, 11) is 0. The van der Waals surface area contributed by atoms with Gasteiger partial charge in [0.05, 0.1) is 12.1 Å². The van der Waals surface area contributed by atoms with Gasteiger partial charge in [-0.25, -0.2) is 4.90 Å². The Hall–Kier alpha value is -2.70. The van der Waals surface area contributed by atoms with Crippen molar-refractivity contribution in [3.63, 3.8) is 0 Å². The summed E-state index contributed by atoms with van der Waals surface area (Å²) in [4.78, 5) is 53.6. The van der Waals surface area contributed by atoms with Crippen LogP contribution in [0.15, 0.2) is 24.3 Å². The van der Waals surface area contributed by atoms with Crippen molar-refractivity contribution >= 4 is 29.4 Å². The highest BCUT2D eigenvalue weighted by molar-refractivity contribution is 6.23. The number of hydrogen-bond acceptors (Lipinski definition) is 5. The lowest BCUT2D eigenvalue weighted by molar-refractivity contribution is -0.143. The number of carbonyl (C=O) groups excluding carboxylic acids is 4. The topological polar surface area (TPSA) is 84.0 Å². The number of anilines is 1. The summed E-state index contributed by atoms with van der Waals surface area (Å²) >= 11 is 0. The first-order valence-electron chi connectivity index (χ1n) is 10.8. The molecule has 7 nitrogen and oxygen atoms in total. The fourth-order valence-corrected chi connectivity index (χ4v) is 4.77. The summed E-state index contributed by atoms with van der Waals surface area (Å²) in [6.07, 6.45) is 0.655. The van der Waals surface area contributed by atoms with Crippen molar-refractivity contribution in [1.29, 1.82) is 0 Å². The van der Waals surface area contributed by atoms with Crippen LogP contribution in [0.3, 0.4) is 0 Å². The number of nitrogens with zero attached hydrogens (tertiary/aromatic N) is 2. The van der Waals surface area contributed by atoms with E-state index in [1.54, 1.807) is 17.0 Å². The Morgan fingerprint density at radius 3 is 2.13 bits per heavy atom. The van der Waals surface area contributed by atoms with Crippen LogP contribution in [0.5, 0.6) is 5.75 Å². The van der Waals surface area contributed by atoms with Crippen molar-refractivity contribution in [2.75, 3.05) is 4.90 Å². The van der Waals surface area contributed by atoms with Crippen molar-refractivity contribution < 1.29 is 23.9 Å². The zero-order valence-corrected chi connectivity index (χ0v) is 19.4. The van der Waals surface area contributed by atoms with E-state index in [4.69, 9.17) is 4.74 Å². The van der Waals surface area contributed by atoms with Crippen LogP contribution in [-0.2, 0) is 19.2 Å². The molecular formula is C24H32N2O5. The number of esters is 1. The normalized spacial score (nSPS) is 22.9. The molecule has 1 heterocycles. The van der Waals surface area contributed by atoms with E-state index in [0.29, 0.717) is 17.9 Å². The van der Waals surface area contributed by atoms with Gasteiger partial charge in [0.25, 0.3) is 5.91 Å². The van der Waals surface area contributed by atoms with Crippen molar-refractivity contribution in [3.8, 4) is 5.75 Å². The van der Waals surface area contributed by atoms with E-state index in [0.717, 1.165) is 4.90 Å². The van der Waals surface area contributed by atoms with E-state index in [-0.39, 0.29) is 41.0 Å². The molecule has 2 fully saturated rings. The maximum absolute atomic E-state index is 13.6. The first kappa shape index (κ1) is 23.0. The number of hydrogen-bond donors (Lipinski definition) is 0. The van der Waals surface area contributed by atoms with Crippen LogP contribution in [0.25, 0.3) is 0 Å². The average Bonchev–Trinajstić information content (AvgIpc) is 2.91. The predicted octanol–water partition coefficient (Wildman–Crippen LogP) is 3.55. The zero-order valence-electron chi connectivity index (χ0n) is 19.4. The van der Waals surface area contributed by atoms with Gasteiger partial charge in [-0.3, -0.25) is 19.2 Å². The lowest BCUT2D eigenvalue weighted by Crippen LogP contribution is -2.51. The molecule has 2 unspecified atom stereocenters. The van der Waals surface area contributed by atoms with Gasteiger partial charge in [-0.2, -0.15) is 0 Å². The minimum Gasteiger partial charge on any atom is -0.427 e. The molecule has 1 aromatic rings. The lowest BCUT2D eigenvalue weighted by atomic mass is 10.0. The molecule has 1 saturated carbocycles. The fourth-order valence-electron chi connectivity index (χ4n) is 4.77. The van der Waals surface area contributed by atoms with Crippen molar-refractivity contribution in [1.82, 2.24) is 4.90 Å². The largest absolute Gasteiger partial charge is 0.427 e. The first-order valence-corrected chi connectivity index (χ1v) is 10.8. The van der Waals surface area contributed by atoms with Gasteiger partial charge >= 0.3 is 5.97 Å². The monoisotopic (exact) mass is 428 g/mol. The van der Waals surface area contributed by atoms with E-state index in [1.165, 1.54) is 19.1 Å². The summed E-state index contributed by atoms with van der Waals surface area (Å²) < 4.78 is 5.01. The smallest absolute Gasteiger partial charge is 0.308 e. The second-order valence-corrected chi connectivity index (χ2v) is 9.75. The third kappa shape index (κ3) is 3.75. The molecule has 0 aromatic heterocycles. The molecule has 0 bridgehead atoms. The maximum atomic E-state index is 13.6. The van der Waals surface area contributed by atoms with Crippen LogP contribution in [0.2, 0.25) is 0 Å². The number of benzene rings is 1. The number of ether oxygens (including phenoxy) is 1. The average molecular weight is 429 g/mol. The fraction of sp³-hybridized carbons (Fsp3) is 0.583. The molecule has 0 spiro atoms. The highest BCUT2D eigenvalue weighted by atomic mass is 16.5. The molecule has 168 valence electrons. The molecule has 31 heavy (non-hydrogen) atoms. The summed E-state index contributed by atoms with van der Waals surface area (Å²) in [6.45, 7) is 13.5. The van der Waals surface area contributed by atoms with Crippen LogP contribution in [0, 0.1) is 16.7 Å². The Balaban J connectivity index is 1.87. The highest BCUT2D eigenvalue weighted by Gasteiger charge is 2.69. The van der Waals surface area contributed by atoms with E-state index in [9.17, 15) is 19.2 Å². The number of rotatable bonds is 6. The van der Waals surface area contributed by atoms with Crippen LogP contribution >= 0.6 is 0 Å². The number of amides is 3. The van der Waals surface area contributed by atoms with Gasteiger partial charge < -0.3 is 9.64 Å².